The fraction of sp³-hybridized carbons (Fsp3) is 0.300. The van der Waals surface area contributed by atoms with Gasteiger partial charge in [-0.1, -0.05) is 30.3 Å². The van der Waals surface area contributed by atoms with Crippen molar-refractivity contribution in [2.45, 2.75) is 12.5 Å². The fourth-order valence-corrected chi connectivity index (χ4v) is 1.44. The average molecular weight is 177 g/mol. The van der Waals surface area contributed by atoms with Crippen molar-refractivity contribution in [3.63, 3.8) is 0 Å². The third-order valence-corrected chi connectivity index (χ3v) is 2.10. The van der Waals surface area contributed by atoms with Crippen LogP contribution in [0.4, 0.5) is 4.79 Å². The fourth-order valence-electron chi connectivity index (χ4n) is 1.44. The van der Waals surface area contributed by atoms with Crippen LogP contribution in [-0.4, -0.2) is 12.6 Å². The number of alkyl carbamates (subject to hydrolysis) is 1. The van der Waals surface area contributed by atoms with Crippen LogP contribution in [0.3, 0.4) is 0 Å². The first-order chi connectivity index (χ1) is 6.36. The van der Waals surface area contributed by atoms with Crippen molar-refractivity contribution in [1.82, 2.24) is 5.32 Å². The van der Waals surface area contributed by atoms with Crippen LogP contribution in [0.25, 0.3) is 0 Å². The molecular formula is C10H11NO2. The third-order valence-electron chi connectivity index (χ3n) is 2.10. The second-order valence-corrected chi connectivity index (χ2v) is 3.02. The predicted octanol–water partition coefficient (Wildman–Crippen LogP) is 1.86. The molecule has 68 valence electrons. The Morgan fingerprint density at radius 1 is 1.31 bits per heavy atom. The normalized spacial score (nSPS) is 21.8. The Bertz CT molecular complexity index is 297. The van der Waals surface area contributed by atoms with E-state index in [4.69, 9.17) is 4.74 Å². The Morgan fingerprint density at radius 3 is 2.77 bits per heavy atom. The van der Waals surface area contributed by atoms with E-state index < -0.39 is 0 Å². The van der Waals surface area contributed by atoms with E-state index in [0.29, 0.717) is 6.54 Å². The first-order valence-corrected chi connectivity index (χ1v) is 4.36. The van der Waals surface area contributed by atoms with Crippen LogP contribution in [0.5, 0.6) is 0 Å². The monoisotopic (exact) mass is 177 g/mol. The van der Waals surface area contributed by atoms with E-state index in [0.717, 1.165) is 12.0 Å². The summed E-state index contributed by atoms with van der Waals surface area (Å²) in [7, 11) is 0. The molecule has 3 heteroatoms. The Balaban J connectivity index is 2.13. The molecule has 1 atom stereocenters. The van der Waals surface area contributed by atoms with E-state index in [1.165, 1.54) is 0 Å². The molecule has 0 saturated carbocycles. The minimum atomic E-state index is -0.319. The van der Waals surface area contributed by atoms with E-state index in [-0.39, 0.29) is 12.2 Å². The molecule has 3 nitrogen and oxygen atoms in total. The van der Waals surface area contributed by atoms with Gasteiger partial charge in [0.15, 0.2) is 0 Å². The highest BCUT2D eigenvalue weighted by atomic mass is 16.6. The van der Waals surface area contributed by atoms with Crippen LogP contribution >= 0.6 is 0 Å². The highest BCUT2D eigenvalue weighted by Gasteiger charge is 2.20. The predicted molar refractivity (Wildman–Crippen MR) is 48.3 cm³/mol. The lowest BCUT2D eigenvalue weighted by Crippen LogP contribution is -2.33. The number of carbonyl (C=O) groups is 1. The first-order valence-electron chi connectivity index (χ1n) is 4.36. The maximum Gasteiger partial charge on any atom is 0.407 e. The summed E-state index contributed by atoms with van der Waals surface area (Å²) in [4.78, 5) is 10.9. The average Bonchev–Trinajstić information content (AvgIpc) is 2.19. The summed E-state index contributed by atoms with van der Waals surface area (Å²) < 4.78 is 5.12. The number of hydrogen-bond donors (Lipinski definition) is 1. The van der Waals surface area contributed by atoms with Gasteiger partial charge in [0.2, 0.25) is 0 Å². The zero-order valence-electron chi connectivity index (χ0n) is 7.19. The van der Waals surface area contributed by atoms with Gasteiger partial charge in [-0.3, -0.25) is 0 Å². The van der Waals surface area contributed by atoms with E-state index in [1.807, 2.05) is 30.3 Å². The lowest BCUT2D eigenvalue weighted by molar-refractivity contribution is 0.0739. The smallest absolute Gasteiger partial charge is 0.407 e. The van der Waals surface area contributed by atoms with Gasteiger partial charge in [-0.2, -0.15) is 0 Å². The number of amides is 1. The first kappa shape index (κ1) is 8.10. The van der Waals surface area contributed by atoms with Crippen LogP contribution in [0.2, 0.25) is 0 Å². The molecule has 1 heterocycles. The van der Waals surface area contributed by atoms with E-state index in [2.05, 4.69) is 5.32 Å². The standard InChI is InChI=1S/C10H11NO2/c12-10-11-7-6-9(13-10)8-4-2-1-3-5-8/h1-5,9H,6-7H2,(H,11,12)/t9-/m0/s1. The summed E-state index contributed by atoms with van der Waals surface area (Å²) in [6.07, 6.45) is 0.450. The molecule has 1 amide bonds. The van der Waals surface area contributed by atoms with Crippen molar-refractivity contribution >= 4 is 6.09 Å². The summed E-state index contributed by atoms with van der Waals surface area (Å²) in [5.41, 5.74) is 1.07. The van der Waals surface area contributed by atoms with Crippen molar-refractivity contribution < 1.29 is 9.53 Å². The van der Waals surface area contributed by atoms with Crippen LogP contribution in [0.1, 0.15) is 18.1 Å². The van der Waals surface area contributed by atoms with Gasteiger partial charge < -0.3 is 10.1 Å². The van der Waals surface area contributed by atoms with Crippen LogP contribution in [0, 0.1) is 0 Å². The van der Waals surface area contributed by atoms with Crippen molar-refractivity contribution in [2.24, 2.45) is 0 Å². The third kappa shape index (κ3) is 1.80. The van der Waals surface area contributed by atoms with Crippen LogP contribution < -0.4 is 5.32 Å². The molecule has 1 fully saturated rings. The zero-order chi connectivity index (χ0) is 9.10. The number of rotatable bonds is 1. The molecule has 1 aliphatic heterocycles. The number of nitrogens with one attached hydrogen (secondary N) is 1. The molecule has 1 aromatic rings. The Labute approximate surface area is 76.7 Å². The summed E-state index contributed by atoms with van der Waals surface area (Å²) >= 11 is 0. The molecule has 1 aromatic carbocycles. The quantitative estimate of drug-likeness (QED) is 0.711. The molecule has 13 heavy (non-hydrogen) atoms. The second kappa shape index (κ2) is 3.47. The second-order valence-electron chi connectivity index (χ2n) is 3.02. The Morgan fingerprint density at radius 2 is 2.08 bits per heavy atom. The zero-order valence-corrected chi connectivity index (χ0v) is 7.19. The van der Waals surface area contributed by atoms with Gasteiger partial charge in [-0.25, -0.2) is 4.79 Å². The minimum absolute atomic E-state index is 0.0741. The van der Waals surface area contributed by atoms with E-state index in [9.17, 15) is 4.79 Å². The molecule has 0 unspecified atom stereocenters. The van der Waals surface area contributed by atoms with Gasteiger partial charge in [-0.05, 0) is 5.56 Å². The lowest BCUT2D eigenvalue weighted by Gasteiger charge is -2.23. The summed E-state index contributed by atoms with van der Waals surface area (Å²) in [5.74, 6) is 0. The topological polar surface area (TPSA) is 38.3 Å². The van der Waals surface area contributed by atoms with Gasteiger partial charge in [0.25, 0.3) is 0 Å². The van der Waals surface area contributed by atoms with Crippen LogP contribution in [0.15, 0.2) is 30.3 Å². The minimum Gasteiger partial charge on any atom is -0.441 e. The van der Waals surface area contributed by atoms with Gasteiger partial charge >= 0.3 is 6.09 Å². The highest BCUT2D eigenvalue weighted by Crippen LogP contribution is 2.22. The number of hydrogen-bond acceptors (Lipinski definition) is 2. The summed E-state index contributed by atoms with van der Waals surface area (Å²) in [5, 5.41) is 2.62. The maximum absolute atomic E-state index is 10.9. The number of ether oxygens (including phenoxy) is 1. The molecule has 1 aliphatic rings. The summed E-state index contributed by atoms with van der Waals surface area (Å²) in [6.45, 7) is 0.693. The highest BCUT2D eigenvalue weighted by molar-refractivity contribution is 5.68. The van der Waals surface area contributed by atoms with Gasteiger partial charge in [0, 0.05) is 13.0 Å². The van der Waals surface area contributed by atoms with E-state index >= 15 is 0 Å². The van der Waals surface area contributed by atoms with E-state index in [1.54, 1.807) is 0 Å². The molecule has 1 N–H and O–H groups in total. The molecule has 1 saturated heterocycles. The molecule has 2 rings (SSSR count). The molecule has 0 aliphatic carbocycles. The number of carbonyl (C=O) groups excluding carboxylic acids is 1. The number of cyclic esters (lactones) is 1. The van der Waals surface area contributed by atoms with Crippen molar-refractivity contribution in [3.05, 3.63) is 35.9 Å². The van der Waals surface area contributed by atoms with Gasteiger partial charge in [0.1, 0.15) is 6.10 Å². The molecule has 0 bridgehead atoms. The van der Waals surface area contributed by atoms with Crippen molar-refractivity contribution in [2.75, 3.05) is 6.54 Å². The molecule has 0 radical (unpaired) electrons. The maximum atomic E-state index is 10.9. The van der Waals surface area contributed by atoms with Crippen LogP contribution in [-0.2, 0) is 4.74 Å². The lowest BCUT2D eigenvalue weighted by atomic mass is 10.1. The molecular weight excluding hydrogens is 166 g/mol. The molecule has 0 spiro atoms. The Hall–Kier alpha value is -1.51. The Kier molecular flexibility index (Phi) is 2.17. The number of benzene rings is 1. The van der Waals surface area contributed by atoms with Gasteiger partial charge in [-0.15, -0.1) is 0 Å². The van der Waals surface area contributed by atoms with Crippen molar-refractivity contribution in [1.29, 1.82) is 0 Å². The SMILES string of the molecule is O=C1NCC[C@@H](c2ccccc2)O1. The summed E-state index contributed by atoms with van der Waals surface area (Å²) in [6, 6.07) is 9.80. The van der Waals surface area contributed by atoms with Crippen molar-refractivity contribution in [3.8, 4) is 0 Å². The van der Waals surface area contributed by atoms with Gasteiger partial charge in [0.05, 0.1) is 0 Å². The molecule has 0 aromatic heterocycles. The largest absolute Gasteiger partial charge is 0.441 e.